The number of alkyl halides is 2. The normalized spacial score (nSPS) is 18.2. The van der Waals surface area contributed by atoms with E-state index in [0.717, 1.165) is 10.8 Å². The summed E-state index contributed by atoms with van der Waals surface area (Å²) >= 11 is 0. The highest BCUT2D eigenvalue weighted by Crippen LogP contribution is 2.35. The lowest BCUT2D eigenvalue weighted by Gasteiger charge is -2.31. The van der Waals surface area contributed by atoms with Crippen LogP contribution in [0.5, 0.6) is 5.75 Å². The third-order valence-electron chi connectivity index (χ3n) is 5.17. The van der Waals surface area contributed by atoms with E-state index in [-0.39, 0.29) is 17.2 Å². The van der Waals surface area contributed by atoms with Crippen molar-refractivity contribution in [3.8, 4) is 5.75 Å². The number of hydrogen-bond acceptors (Lipinski definition) is 4. The number of nitrogens with one attached hydrogen (secondary N) is 1. The van der Waals surface area contributed by atoms with Gasteiger partial charge in [-0.1, -0.05) is 48.5 Å². The van der Waals surface area contributed by atoms with Crippen LogP contribution in [-0.4, -0.2) is 28.2 Å². The van der Waals surface area contributed by atoms with Crippen molar-refractivity contribution in [2.45, 2.75) is 25.2 Å². The Morgan fingerprint density at radius 1 is 1.09 bits per heavy atom. The minimum Gasteiger partial charge on any atom is -0.488 e. The second-order valence-corrected chi connectivity index (χ2v) is 7.31. The van der Waals surface area contributed by atoms with Gasteiger partial charge < -0.3 is 9.84 Å². The van der Waals surface area contributed by atoms with Gasteiger partial charge in [0.25, 0.3) is 18.4 Å². The van der Waals surface area contributed by atoms with E-state index in [1.165, 1.54) is 18.2 Å². The van der Waals surface area contributed by atoms with E-state index >= 15 is 0 Å². The Morgan fingerprint density at radius 2 is 1.81 bits per heavy atom. The number of ether oxygens (including phenoxy) is 1. The van der Waals surface area contributed by atoms with Crippen LogP contribution in [0.1, 0.15) is 22.3 Å². The van der Waals surface area contributed by atoms with Crippen molar-refractivity contribution >= 4 is 16.7 Å². The lowest BCUT2D eigenvalue weighted by atomic mass is 10.1. The fourth-order valence-corrected chi connectivity index (χ4v) is 3.53. The Morgan fingerprint density at radius 3 is 2.56 bits per heavy atom. The molecule has 0 aliphatic carbocycles. The van der Waals surface area contributed by atoms with Crippen molar-refractivity contribution in [3.05, 3.63) is 89.6 Å². The zero-order valence-corrected chi connectivity index (χ0v) is 16.6. The maximum absolute atomic E-state index is 13.4. The Bertz CT molecular complexity index is 1190. The van der Waals surface area contributed by atoms with Crippen molar-refractivity contribution in [3.63, 3.8) is 0 Å². The number of benzene rings is 3. The highest BCUT2D eigenvalue weighted by molar-refractivity contribution is 5.95. The zero-order valence-electron chi connectivity index (χ0n) is 16.6. The lowest BCUT2D eigenvalue weighted by molar-refractivity contribution is -0.168. The average Bonchev–Trinajstić information content (AvgIpc) is 3.16. The smallest absolute Gasteiger partial charge is 0.291 e. The third-order valence-corrected chi connectivity index (χ3v) is 5.17. The number of hydrogen-bond donors (Lipinski definition) is 2. The van der Waals surface area contributed by atoms with Crippen LogP contribution in [0.3, 0.4) is 0 Å². The molecular weight excluding hydrogens is 428 g/mol. The Hall–Kier alpha value is -3.59. The van der Waals surface area contributed by atoms with Crippen LogP contribution in [-0.2, 0) is 6.61 Å². The van der Waals surface area contributed by atoms with Crippen LogP contribution in [0, 0.1) is 0 Å². The summed E-state index contributed by atoms with van der Waals surface area (Å²) in [6.07, 6.45) is -6.85. The standard InChI is InChI=1S/C23H18F4N2O3/c24-20(25)18-12-23(31,22(26)27)29(28-18)21(30)16-8-3-5-14(11-16)13-32-19-10-4-7-15-6-1-2-9-17(15)19/h1-11,22,28,31H,12-13H2. The molecule has 1 unspecified atom stereocenters. The molecule has 1 aliphatic heterocycles. The van der Waals surface area contributed by atoms with Crippen LogP contribution in [0.2, 0.25) is 0 Å². The molecule has 0 bridgehead atoms. The molecular formula is C23H18F4N2O3. The number of hydrazine groups is 1. The predicted octanol–water partition coefficient (Wildman–Crippen LogP) is 4.83. The van der Waals surface area contributed by atoms with Crippen LogP contribution in [0.15, 0.2) is 78.5 Å². The van der Waals surface area contributed by atoms with Crippen molar-refractivity contribution < 1.29 is 32.2 Å². The SMILES string of the molecule is O=C(c1cccc(COc2cccc3ccccc23)c1)N1NC(=C(F)F)CC1(O)C(F)F. The molecule has 5 nitrogen and oxygen atoms in total. The van der Waals surface area contributed by atoms with Gasteiger partial charge in [-0.25, -0.2) is 13.8 Å². The summed E-state index contributed by atoms with van der Waals surface area (Å²) in [5.74, 6) is -0.447. The van der Waals surface area contributed by atoms with Gasteiger partial charge in [-0.2, -0.15) is 8.78 Å². The molecule has 32 heavy (non-hydrogen) atoms. The number of aliphatic hydroxyl groups is 1. The molecule has 1 heterocycles. The molecule has 0 saturated carbocycles. The highest BCUT2D eigenvalue weighted by Gasteiger charge is 2.53. The maximum Gasteiger partial charge on any atom is 0.291 e. The first-order valence-electron chi connectivity index (χ1n) is 9.65. The summed E-state index contributed by atoms with van der Waals surface area (Å²) in [6.45, 7) is 0.0753. The van der Waals surface area contributed by atoms with Crippen molar-refractivity contribution in [1.29, 1.82) is 0 Å². The van der Waals surface area contributed by atoms with Crippen molar-refractivity contribution in [1.82, 2.24) is 10.4 Å². The van der Waals surface area contributed by atoms with E-state index in [4.69, 9.17) is 4.74 Å². The molecule has 1 saturated heterocycles. The third kappa shape index (κ3) is 3.99. The largest absolute Gasteiger partial charge is 0.488 e. The molecule has 1 atom stereocenters. The topological polar surface area (TPSA) is 61.8 Å². The van der Waals surface area contributed by atoms with E-state index in [9.17, 15) is 27.5 Å². The molecule has 1 aliphatic rings. The van der Waals surface area contributed by atoms with E-state index in [1.54, 1.807) is 12.1 Å². The number of halogens is 4. The van der Waals surface area contributed by atoms with Gasteiger partial charge in [0.1, 0.15) is 18.1 Å². The van der Waals surface area contributed by atoms with Gasteiger partial charge in [-0.05, 0) is 29.1 Å². The second kappa shape index (κ2) is 8.51. The Labute approximate surface area is 180 Å². The first-order valence-corrected chi connectivity index (χ1v) is 9.65. The van der Waals surface area contributed by atoms with Gasteiger partial charge in [0.05, 0.1) is 6.42 Å². The van der Waals surface area contributed by atoms with E-state index in [2.05, 4.69) is 0 Å². The molecule has 3 aromatic rings. The van der Waals surface area contributed by atoms with Gasteiger partial charge in [0.15, 0.2) is 0 Å². The first kappa shape index (κ1) is 21.6. The van der Waals surface area contributed by atoms with Crippen LogP contribution in [0.4, 0.5) is 17.6 Å². The highest BCUT2D eigenvalue weighted by atomic mass is 19.3. The number of amides is 1. The maximum atomic E-state index is 13.4. The molecule has 3 aromatic carbocycles. The van der Waals surface area contributed by atoms with Crippen molar-refractivity contribution in [2.24, 2.45) is 0 Å². The van der Waals surface area contributed by atoms with Crippen LogP contribution < -0.4 is 10.2 Å². The molecule has 0 spiro atoms. The Balaban J connectivity index is 1.56. The second-order valence-electron chi connectivity index (χ2n) is 7.31. The number of carbonyl (C=O) groups is 1. The minimum absolute atomic E-state index is 0.0730. The molecule has 1 fully saturated rings. The zero-order chi connectivity index (χ0) is 22.9. The van der Waals surface area contributed by atoms with E-state index < -0.39 is 36.3 Å². The molecule has 2 N–H and O–H groups in total. The fraction of sp³-hybridized carbons (Fsp3) is 0.174. The van der Waals surface area contributed by atoms with Gasteiger partial charge in [0.2, 0.25) is 5.72 Å². The molecule has 0 radical (unpaired) electrons. The predicted molar refractivity (Wildman–Crippen MR) is 109 cm³/mol. The molecule has 166 valence electrons. The molecule has 9 heteroatoms. The monoisotopic (exact) mass is 446 g/mol. The molecule has 0 aromatic heterocycles. The fourth-order valence-electron chi connectivity index (χ4n) is 3.53. The summed E-state index contributed by atoms with van der Waals surface area (Å²) in [5, 5.41) is 12.2. The summed E-state index contributed by atoms with van der Waals surface area (Å²) in [4.78, 5) is 12.8. The van der Waals surface area contributed by atoms with E-state index in [0.29, 0.717) is 11.3 Å². The summed E-state index contributed by atoms with van der Waals surface area (Å²) < 4.78 is 58.6. The van der Waals surface area contributed by atoms with Gasteiger partial charge in [-0.15, -0.1) is 0 Å². The summed E-state index contributed by atoms with van der Waals surface area (Å²) in [5.41, 5.74) is -1.64. The van der Waals surface area contributed by atoms with Crippen molar-refractivity contribution in [2.75, 3.05) is 0 Å². The van der Waals surface area contributed by atoms with Gasteiger partial charge >= 0.3 is 0 Å². The number of carbonyl (C=O) groups excluding carboxylic acids is 1. The number of fused-ring (bicyclic) bond motifs is 1. The molecule has 4 rings (SSSR count). The van der Waals surface area contributed by atoms with Gasteiger partial charge in [0, 0.05) is 10.9 Å². The minimum atomic E-state index is -3.46. The van der Waals surface area contributed by atoms with E-state index in [1.807, 2.05) is 41.8 Å². The van der Waals surface area contributed by atoms with Gasteiger partial charge in [-0.3, -0.25) is 10.2 Å². The lowest BCUT2D eigenvalue weighted by Crippen LogP contribution is -2.55. The average molecular weight is 446 g/mol. The molecule has 1 amide bonds. The summed E-state index contributed by atoms with van der Waals surface area (Å²) in [6, 6.07) is 19.1. The first-order chi connectivity index (χ1) is 15.3. The number of rotatable bonds is 5. The number of nitrogens with zero attached hydrogens (tertiary/aromatic N) is 1. The van der Waals surface area contributed by atoms with Crippen LogP contribution >= 0.6 is 0 Å². The summed E-state index contributed by atoms with van der Waals surface area (Å²) in [7, 11) is 0. The quantitative estimate of drug-likeness (QED) is 0.551. The Kier molecular flexibility index (Phi) is 5.75. The van der Waals surface area contributed by atoms with Crippen LogP contribution in [0.25, 0.3) is 10.8 Å².